The molecule has 2 amide bonds. The first-order chi connectivity index (χ1) is 20.6. The highest BCUT2D eigenvalue weighted by Crippen LogP contribution is 2.49. The number of nitrogens with zero attached hydrogens (tertiary/aromatic N) is 2. The number of alkyl halides is 3. The number of amides is 2. The van der Waals surface area contributed by atoms with E-state index in [0.29, 0.717) is 29.4 Å². The van der Waals surface area contributed by atoms with Gasteiger partial charge < -0.3 is 24.3 Å². The Morgan fingerprint density at radius 3 is 2.56 bits per heavy atom. The third kappa shape index (κ3) is 4.78. The van der Waals surface area contributed by atoms with Crippen molar-refractivity contribution < 1.29 is 32.2 Å². The maximum absolute atomic E-state index is 14.3. The molecule has 2 unspecified atom stereocenters. The zero-order valence-electron chi connectivity index (χ0n) is 24.1. The van der Waals surface area contributed by atoms with Gasteiger partial charge in [0.15, 0.2) is 17.0 Å². The van der Waals surface area contributed by atoms with Gasteiger partial charge >= 0.3 is 6.18 Å². The highest BCUT2D eigenvalue weighted by molar-refractivity contribution is 6.01. The quantitative estimate of drug-likeness (QED) is 0.277. The number of hydrogen-bond donors (Lipinski definition) is 1. The molecule has 2 atom stereocenters. The predicted molar refractivity (Wildman–Crippen MR) is 155 cm³/mol. The molecule has 2 aliphatic heterocycles. The largest absolute Gasteiger partial charge is 0.493 e. The Kier molecular flexibility index (Phi) is 7.10. The van der Waals surface area contributed by atoms with Crippen LogP contribution in [0.1, 0.15) is 54.1 Å². The van der Waals surface area contributed by atoms with Crippen molar-refractivity contribution in [3.63, 3.8) is 0 Å². The molecule has 0 aliphatic carbocycles. The molecule has 3 heterocycles. The van der Waals surface area contributed by atoms with E-state index in [2.05, 4.69) is 4.98 Å². The van der Waals surface area contributed by atoms with Gasteiger partial charge in [-0.1, -0.05) is 43.3 Å². The van der Waals surface area contributed by atoms with Gasteiger partial charge in [-0.25, -0.2) is 0 Å². The van der Waals surface area contributed by atoms with E-state index in [-0.39, 0.29) is 37.4 Å². The first-order valence-electron chi connectivity index (χ1n) is 14.2. The van der Waals surface area contributed by atoms with Crippen LogP contribution in [-0.2, 0) is 27.8 Å². The molecule has 6 rings (SSSR count). The van der Waals surface area contributed by atoms with E-state index >= 15 is 0 Å². The van der Waals surface area contributed by atoms with E-state index in [1.54, 1.807) is 18.9 Å². The van der Waals surface area contributed by atoms with E-state index in [1.807, 2.05) is 49.4 Å². The predicted octanol–water partition coefficient (Wildman–Crippen LogP) is 6.22. The number of rotatable bonds is 7. The Morgan fingerprint density at radius 2 is 1.81 bits per heavy atom. The lowest BCUT2D eigenvalue weighted by Crippen LogP contribution is -2.67. The number of benzene rings is 3. The van der Waals surface area contributed by atoms with Gasteiger partial charge in [-0.2, -0.15) is 13.2 Å². The minimum absolute atomic E-state index is 0.118. The summed E-state index contributed by atoms with van der Waals surface area (Å²) in [6.45, 7) is 4.18. The number of H-pyrrole nitrogens is 1. The lowest BCUT2D eigenvalue weighted by atomic mass is 9.76. The van der Waals surface area contributed by atoms with Crippen LogP contribution in [-0.4, -0.2) is 53.4 Å². The summed E-state index contributed by atoms with van der Waals surface area (Å²) in [7, 11) is 1.58. The zero-order chi connectivity index (χ0) is 30.5. The van der Waals surface area contributed by atoms with Crippen molar-refractivity contribution in [1.29, 1.82) is 0 Å². The van der Waals surface area contributed by atoms with Crippen LogP contribution in [0.4, 0.5) is 13.2 Å². The van der Waals surface area contributed by atoms with E-state index in [0.717, 1.165) is 40.6 Å². The first kappa shape index (κ1) is 28.6. The lowest BCUT2D eigenvalue weighted by molar-refractivity contribution is -0.167. The molecule has 3 aromatic carbocycles. The Hall–Kier alpha value is -4.47. The second kappa shape index (κ2) is 10.7. The first-order valence-corrected chi connectivity index (χ1v) is 14.2. The number of aromatic nitrogens is 1. The fourth-order valence-electron chi connectivity index (χ4n) is 6.40. The fourth-order valence-corrected chi connectivity index (χ4v) is 6.40. The van der Waals surface area contributed by atoms with Crippen LogP contribution in [0.25, 0.3) is 10.9 Å². The second-order valence-corrected chi connectivity index (χ2v) is 11.2. The molecule has 0 radical (unpaired) electrons. The number of fused-ring (bicyclic) bond motifs is 5. The highest BCUT2D eigenvalue weighted by Gasteiger charge is 2.56. The number of ether oxygens (including phenoxy) is 2. The summed E-state index contributed by atoms with van der Waals surface area (Å²) in [6, 6.07) is 18.4. The molecule has 1 fully saturated rings. The second-order valence-electron chi connectivity index (χ2n) is 11.2. The molecule has 2 aliphatic rings. The number of piperazine rings is 1. The summed E-state index contributed by atoms with van der Waals surface area (Å²) in [5.74, 6) is 0.298. The number of methoxy groups -OCH3 is 1. The molecule has 7 nitrogen and oxygen atoms in total. The number of halogens is 3. The molecule has 10 heteroatoms. The summed E-state index contributed by atoms with van der Waals surface area (Å²) in [5.41, 5.74) is 1.36. The Bertz CT molecular complexity index is 1720. The van der Waals surface area contributed by atoms with Crippen molar-refractivity contribution in [3.05, 3.63) is 94.7 Å². The van der Waals surface area contributed by atoms with Crippen LogP contribution in [0.5, 0.6) is 11.5 Å². The zero-order valence-corrected chi connectivity index (χ0v) is 24.1. The van der Waals surface area contributed by atoms with Crippen LogP contribution < -0.4 is 9.47 Å². The van der Waals surface area contributed by atoms with Gasteiger partial charge in [-0.3, -0.25) is 9.59 Å². The Morgan fingerprint density at radius 1 is 1.02 bits per heavy atom. The molecule has 224 valence electrons. The van der Waals surface area contributed by atoms with Crippen LogP contribution in [0.15, 0.2) is 66.7 Å². The normalized spacial score (nSPS) is 20.3. The summed E-state index contributed by atoms with van der Waals surface area (Å²) in [6.07, 6.45) is -3.66. The maximum atomic E-state index is 14.3. The van der Waals surface area contributed by atoms with Crippen LogP contribution in [0, 0.1) is 0 Å². The third-order valence-electron chi connectivity index (χ3n) is 8.50. The van der Waals surface area contributed by atoms with Gasteiger partial charge in [0.1, 0.15) is 6.54 Å². The molecule has 0 saturated carbocycles. The maximum Gasteiger partial charge on any atom is 0.416 e. The number of hydrogen-bond acceptors (Lipinski definition) is 4. The van der Waals surface area contributed by atoms with Gasteiger partial charge in [-0.15, -0.1) is 0 Å². The molecular weight excluding hydrogens is 559 g/mol. The van der Waals surface area contributed by atoms with Crippen molar-refractivity contribution in [2.45, 2.75) is 44.4 Å². The summed E-state index contributed by atoms with van der Waals surface area (Å²) < 4.78 is 51.6. The molecule has 1 aromatic heterocycles. The topological polar surface area (TPSA) is 74.9 Å². The van der Waals surface area contributed by atoms with Crippen molar-refractivity contribution in [1.82, 2.24) is 14.8 Å². The Labute approximate surface area is 247 Å². The number of aromatic amines is 1. The van der Waals surface area contributed by atoms with E-state index < -0.39 is 17.3 Å². The van der Waals surface area contributed by atoms with Gasteiger partial charge in [0.05, 0.1) is 25.0 Å². The van der Waals surface area contributed by atoms with Crippen LogP contribution >= 0.6 is 0 Å². The van der Waals surface area contributed by atoms with E-state index in [1.165, 1.54) is 17.0 Å². The van der Waals surface area contributed by atoms with E-state index in [4.69, 9.17) is 9.47 Å². The SMILES string of the molecule is CCCOc1ccc(C2CN3C(=O)CN(Cc4cccc(C(F)(F)F)c4)C(=O)C3(C)c3[nH]c4ccccc4c32)cc1OC. The smallest absolute Gasteiger partial charge is 0.416 e. The van der Waals surface area contributed by atoms with Crippen LogP contribution in [0.2, 0.25) is 0 Å². The molecule has 43 heavy (non-hydrogen) atoms. The standard InChI is InChI=1S/C33H32F3N3O4/c1-4-14-43-26-13-12-21(16-27(26)42-3)24-18-39-28(40)19-38(17-20-8-7-9-22(15-20)33(34,35)36)31(41)32(39,2)30-29(24)23-10-5-6-11-25(23)37-30/h5-13,15-16,24,37H,4,14,17-19H2,1-3H3. The lowest BCUT2D eigenvalue weighted by Gasteiger charge is -2.51. The molecule has 4 aromatic rings. The number of para-hydroxylation sites is 1. The van der Waals surface area contributed by atoms with Crippen molar-refractivity contribution in [3.8, 4) is 11.5 Å². The third-order valence-corrected chi connectivity index (χ3v) is 8.50. The molecule has 1 N–H and O–H groups in total. The van der Waals surface area contributed by atoms with Crippen LogP contribution in [0.3, 0.4) is 0 Å². The van der Waals surface area contributed by atoms with Crippen molar-refractivity contribution in [2.24, 2.45) is 0 Å². The van der Waals surface area contributed by atoms with Gasteiger partial charge in [-0.05, 0) is 60.4 Å². The average Bonchev–Trinajstić information content (AvgIpc) is 3.39. The van der Waals surface area contributed by atoms with Gasteiger partial charge in [0.2, 0.25) is 5.91 Å². The minimum atomic E-state index is -4.51. The van der Waals surface area contributed by atoms with Gasteiger partial charge in [0, 0.05) is 29.9 Å². The monoisotopic (exact) mass is 591 g/mol. The van der Waals surface area contributed by atoms with Gasteiger partial charge in [0.25, 0.3) is 5.91 Å². The average molecular weight is 592 g/mol. The molecule has 0 spiro atoms. The molecule has 0 bridgehead atoms. The van der Waals surface area contributed by atoms with Crippen molar-refractivity contribution in [2.75, 3.05) is 26.8 Å². The number of nitrogens with one attached hydrogen (secondary N) is 1. The molecule has 1 saturated heterocycles. The molecular formula is C33H32F3N3O4. The Balaban J connectivity index is 1.44. The summed E-state index contributed by atoms with van der Waals surface area (Å²) in [4.78, 5) is 34.5. The van der Waals surface area contributed by atoms with E-state index in [9.17, 15) is 22.8 Å². The summed E-state index contributed by atoms with van der Waals surface area (Å²) in [5, 5.41) is 0.934. The highest BCUT2D eigenvalue weighted by atomic mass is 19.4. The number of carbonyl (C=O) groups excluding carboxylic acids is 2. The van der Waals surface area contributed by atoms with Crippen molar-refractivity contribution >= 4 is 22.7 Å². The fraction of sp³-hybridized carbons (Fsp3) is 0.333. The number of carbonyl (C=O) groups is 2. The minimum Gasteiger partial charge on any atom is -0.493 e. The summed E-state index contributed by atoms with van der Waals surface area (Å²) >= 11 is 0.